The number of methoxy groups -OCH3 is 1. The molecule has 1 N–H and O–H groups in total. The molecule has 1 atom stereocenters. The second-order valence-corrected chi connectivity index (χ2v) is 5.44. The molecule has 19 heavy (non-hydrogen) atoms. The third kappa shape index (κ3) is 2.59. The number of hydrogen-bond donors (Lipinski definition) is 1. The van der Waals surface area contributed by atoms with Crippen LogP contribution in [0.25, 0.3) is 10.8 Å². The van der Waals surface area contributed by atoms with Crippen molar-refractivity contribution in [2.75, 3.05) is 7.11 Å². The molecule has 0 radical (unpaired) electrons. The third-order valence-electron chi connectivity index (χ3n) is 4.04. The molecule has 0 amide bonds. The first-order chi connectivity index (χ1) is 9.29. The number of aliphatic hydroxyl groups excluding tert-OH is 1. The number of hydrogen-bond acceptors (Lipinski definition) is 2. The Balaban J connectivity index is 1.93. The quantitative estimate of drug-likeness (QED) is 0.873. The van der Waals surface area contributed by atoms with E-state index in [9.17, 15) is 5.11 Å². The number of rotatable bonds is 5. The molecule has 0 aromatic heterocycles. The number of benzene rings is 2. The van der Waals surface area contributed by atoms with E-state index < -0.39 is 0 Å². The van der Waals surface area contributed by atoms with Gasteiger partial charge in [-0.25, -0.2) is 0 Å². The molecule has 1 aliphatic rings. The minimum Gasteiger partial charge on any atom is -0.496 e. The summed E-state index contributed by atoms with van der Waals surface area (Å²) in [5, 5.41) is 12.6. The molecular formula is C17H20O2. The molecule has 0 bridgehead atoms. The minimum absolute atomic E-state index is 0.364. The molecule has 1 aliphatic carbocycles. The Morgan fingerprint density at radius 2 is 1.89 bits per heavy atom. The predicted octanol–water partition coefficient (Wildman–Crippen LogP) is 4.07. The van der Waals surface area contributed by atoms with Crippen LogP contribution in [0.4, 0.5) is 0 Å². The predicted molar refractivity (Wildman–Crippen MR) is 77.4 cm³/mol. The molecule has 2 aromatic carbocycles. The molecule has 100 valence electrons. The molecular weight excluding hydrogens is 236 g/mol. The first kappa shape index (κ1) is 12.5. The average molecular weight is 256 g/mol. The van der Waals surface area contributed by atoms with E-state index >= 15 is 0 Å². The highest BCUT2D eigenvalue weighted by Gasteiger charge is 2.23. The van der Waals surface area contributed by atoms with E-state index in [-0.39, 0.29) is 6.10 Å². The molecule has 2 heteroatoms. The van der Waals surface area contributed by atoms with Crippen molar-refractivity contribution < 1.29 is 9.84 Å². The van der Waals surface area contributed by atoms with Crippen molar-refractivity contribution in [3.63, 3.8) is 0 Å². The van der Waals surface area contributed by atoms with E-state index in [1.807, 2.05) is 30.3 Å². The first-order valence-electron chi connectivity index (χ1n) is 7.03. The van der Waals surface area contributed by atoms with Crippen LogP contribution in [-0.2, 0) is 0 Å². The summed E-state index contributed by atoms with van der Waals surface area (Å²) >= 11 is 0. The zero-order valence-electron chi connectivity index (χ0n) is 11.3. The highest BCUT2D eigenvalue weighted by molar-refractivity contribution is 5.91. The summed E-state index contributed by atoms with van der Waals surface area (Å²) in [5.74, 6) is 1.73. The van der Waals surface area contributed by atoms with Crippen molar-refractivity contribution in [3.05, 3.63) is 42.0 Å². The van der Waals surface area contributed by atoms with E-state index in [4.69, 9.17) is 4.74 Å². The smallest absolute Gasteiger partial charge is 0.126 e. The van der Waals surface area contributed by atoms with Crippen LogP contribution in [0.15, 0.2) is 36.4 Å². The van der Waals surface area contributed by atoms with Crippen LogP contribution < -0.4 is 4.74 Å². The highest BCUT2D eigenvalue weighted by Crippen LogP contribution is 2.38. The van der Waals surface area contributed by atoms with Gasteiger partial charge in [0.25, 0.3) is 0 Å². The summed E-state index contributed by atoms with van der Waals surface area (Å²) in [6.07, 6.45) is 4.32. The van der Waals surface area contributed by atoms with Gasteiger partial charge in [0, 0.05) is 5.39 Å². The van der Waals surface area contributed by atoms with Gasteiger partial charge >= 0.3 is 0 Å². The van der Waals surface area contributed by atoms with Gasteiger partial charge in [-0.1, -0.05) is 43.2 Å². The van der Waals surface area contributed by atoms with E-state index in [1.54, 1.807) is 7.11 Å². The van der Waals surface area contributed by atoms with Crippen LogP contribution in [0.1, 0.15) is 37.4 Å². The summed E-state index contributed by atoms with van der Waals surface area (Å²) in [4.78, 5) is 0. The van der Waals surface area contributed by atoms with Gasteiger partial charge in [0.2, 0.25) is 0 Å². The lowest BCUT2D eigenvalue weighted by molar-refractivity contribution is 0.164. The largest absolute Gasteiger partial charge is 0.496 e. The van der Waals surface area contributed by atoms with Crippen molar-refractivity contribution in [3.8, 4) is 5.75 Å². The fourth-order valence-electron chi connectivity index (χ4n) is 2.72. The van der Waals surface area contributed by atoms with Gasteiger partial charge in [-0.3, -0.25) is 0 Å². The van der Waals surface area contributed by atoms with Crippen molar-refractivity contribution in [1.29, 1.82) is 0 Å². The fourth-order valence-corrected chi connectivity index (χ4v) is 2.72. The Kier molecular flexibility index (Phi) is 3.43. The zero-order chi connectivity index (χ0) is 13.2. The van der Waals surface area contributed by atoms with Crippen molar-refractivity contribution in [2.24, 2.45) is 5.92 Å². The maximum atomic E-state index is 10.4. The molecule has 0 heterocycles. The van der Waals surface area contributed by atoms with Gasteiger partial charge in [0.15, 0.2) is 0 Å². The molecule has 1 unspecified atom stereocenters. The van der Waals surface area contributed by atoms with Gasteiger partial charge in [-0.2, -0.15) is 0 Å². The molecule has 0 aliphatic heterocycles. The Labute approximate surface area is 114 Å². The molecule has 0 saturated heterocycles. The second kappa shape index (κ2) is 5.22. The minimum atomic E-state index is -0.364. The van der Waals surface area contributed by atoms with E-state index in [1.165, 1.54) is 12.8 Å². The monoisotopic (exact) mass is 256 g/mol. The molecule has 1 fully saturated rings. The number of fused-ring (bicyclic) bond motifs is 1. The van der Waals surface area contributed by atoms with Gasteiger partial charge in [0.1, 0.15) is 5.75 Å². The van der Waals surface area contributed by atoms with Crippen molar-refractivity contribution in [2.45, 2.75) is 31.8 Å². The van der Waals surface area contributed by atoms with Crippen LogP contribution in [0.5, 0.6) is 5.75 Å². The number of aliphatic hydroxyl groups is 1. The van der Waals surface area contributed by atoms with Crippen LogP contribution in [0.3, 0.4) is 0 Å². The molecule has 3 rings (SSSR count). The lowest BCUT2D eigenvalue weighted by atomic mass is 9.96. The van der Waals surface area contributed by atoms with Crippen LogP contribution in [0, 0.1) is 5.92 Å². The fraction of sp³-hybridized carbons (Fsp3) is 0.412. The van der Waals surface area contributed by atoms with Gasteiger partial charge in [0.05, 0.1) is 13.2 Å². The Morgan fingerprint density at radius 3 is 2.58 bits per heavy atom. The highest BCUT2D eigenvalue weighted by atomic mass is 16.5. The maximum Gasteiger partial charge on any atom is 0.126 e. The first-order valence-corrected chi connectivity index (χ1v) is 7.03. The molecule has 0 spiro atoms. The summed E-state index contributed by atoms with van der Waals surface area (Å²) in [6.45, 7) is 0. The lowest BCUT2D eigenvalue weighted by Gasteiger charge is -2.15. The van der Waals surface area contributed by atoms with Crippen LogP contribution in [-0.4, -0.2) is 12.2 Å². The Bertz CT molecular complexity index is 572. The lowest BCUT2D eigenvalue weighted by Crippen LogP contribution is -2.00. The number of ether oxygens (including phenoxy) is 1. The Morgan fingerprint density at radius 1 is 1.16 bits per heavy atom. The van der Waals surface area contributed by atoms with Crippen molar-refractivity contribution >= 4 is 10.8 Å². The van der Waals surface area contributed by atoms with Crippen LogP contribution >= 0.6 is 0 Å². The third-order valence-corrected chi connectivity index (χ3v) is 4.04. The summed E-state index contributed by atoms with van der Waals surface area (Å²) < 4.78 is 5.39. The second-order valence-electron chi connectivity index (χ2n) is 5.44. The molecule has 2 aromatic rings. The summed E-state index contributed by atoms with van der Waals surface area (Å²) in [6, 6.07) is 12.1. The van der Waals surface area contributed by atoms with E-state index in [0.29, 0.717) is 0 Å². The molecule has 1 saturated carbocycles. The standard InChI is InChI=1S/C17H20O2/c1-19-17-11-9-14(13-4-2-3-5-15(13)17)16(18)10-8-12-6-7-12/h2-5,9,11-12,16,18H,6-8,10H2,1H3. The van der Waals surface area contributed by atoms with Gasteiger partial charge in [-0.05, 0) is 35.8 Å². The normalized spacial score (nSPS) is 16.5. The van der Waals surface area contributed by atoms with E-state index in [0.717, 1.165) is 40.8 Å². The Hall–Kier alpha value is -1.54. The molecule has 2 nitrogen and oxygen atoms in total. The zero-order valence-corrected chi connectivity index (χ0v) is 11.3. The topological polar surface area (TPSA) is 29.5 Å². The van der Waals surface area contributed by atoms with Gasteiger partial charge in [-0.15, -0.1) is 0 Å². The maximum absolute atomic E-state index is 10.4. The SMILES string of the molecule is COc1ccc(C(O)CCC2CC2)c2ccccc12. The van der Waals surface area contributed by atoms with Crippen LogP contribution in [0.2, 0.25) is 0 Å². The summed E-state index contributed by atoms with van der Waals surface area (Å²) in [7, 11) is 1.69. The summed E-state index contributed by atoms with van der Waals surface area (Å²) in [5.41, 5.74) is 1.03. The average Bonchev–Trinajstić information content (AvgIpc) is 3.27. The van der Waals surface area contributed by atoms with Gasteiger partial charge < -0.3 is 9.84 Å². The van der Waals surface area contributed by atoms with Crippen molar-refractivity contribution in [1.82, 2.24) is 0 Å². The van der Waals surface area contributed by atoms with E-state index in [2.05, 4.69) is 6.07 Å².